The lowest BCUT2D eigenvalue weighted by Crippen LogP contribution is -2.24. The summed E-state index contributed by atoms with van der Waals surface area (Å²) in [6.45, 7) is 3.97. The number of nitrogens with zero attached hydrogens (tertiary/aromatic N) is 3. The molecule has 2 aromatic rings. The lowest BCUT2D eigenvalue weighted by atomic mass is 10.3. The van der Waals surface area contributed by atoms with Crippen LogP contribution in [0.5, 0.6) is 0 Å². The highest BCUT2D eigenvalue weighted by atomic mass is 16.1. The van der Waals surface area contributed by atoms with Crippen LogP contribution in [0.4, 0.5) is 5.69 Å². The van der Waals surface area contributed by atoms with E-state index < -0.39 is 0 Å². The number of pyridine rings is 1. The zero-order chi connectivity index (χ0) is 11.7. The number of aryl methyl sites for hydroxylation is 1. The summed E-state index contributed by atoms with van der Waals surface area (Å²) in [6.07, 6.45) is 3.20. The molecule has 0 radical (unpaired) electrons. The second-order valence-corrected chi connectivity index (χ2v) is 3.99. The Bertz CT molecular complexity index is 574. The van der Waals surface area contributed by atoms with Gasteiger partial charge >= 0.3 is 0 Å². The number of aromatic nitrogens is 3. The predicted octanol–water partition coefficient (Wildman–Crippen LogP) is 1.15. The van der Waals surface area contributed by atoms with Gasteiger partial charge in [0.05, 0.1) is 0 Å². The van der Waals surface area contributed by atoms with Crippen LogP contribution in [-0.4, -0.2) is 20.6 Å². The average Bonchev–Trinajstić information content (AvgIpc) is 2.25. The summed E-state index contributed by atoms with van der Waals surface area (Å²) in [4.78, 5) is 20.3. The van der Waals surface area contributed by atoms with Crippen LogP contribution in [0.25, 0.3) is 11.2 Å². The summed E-state index contributed by atoms with van der Waals surface area (Å²) in [5, 5.41) is 3.10. The molecule has 0 aliphatic heterocycles. The minimum atomic E-state index is -0.0818. The molecular formula is C11H14N4O. The lowest BCUT2D eigenvalue weighted by Gasteiger charge is -2.11. The van der Waals surface area contributed by atoms with Gasteiger partial charge in [-0.3, -0.25) is 14.3 Å². The normalized spacial score (nSPS) is 11.0. The maximum absolute atomic E-state index is 12.0. The molecule has 0 saturated carbocycles. The topological polar surface area (TPSA) is 59.8 Å². The fourth-order valence-corrected chi connectivity index (χ4v) is 1.59. The molecule has 0 aliphatic rings. The fourth-order valence-electron chi connectivity index (χ4n) is 1.59. The number of anilines is 1. The Labute approximate surface area is 93.2 Å². The highest BCUT2D eigenvalue weighted by Crippen LogP contribution is 2.10. The maximum atomic E-state index is 12.0. The van der Waals surface area contributed by atoms with E-state index >= 15 is 0 Å². The quantitative estimate of drug-likeness (QED) is 0.821. The SMILES string of the molecule is CC(C)Nc1cc2nccnc2n(C)c1=O. The zero-order valence-corrected chi connectivity index (χ0v) is 9.56. The summed E-state index contributed by atoms with van der Waals surface area (Å²) in [5.74, 6) is 0. The van der Waals surface area contributed by atoms with Crippen LogP contribution in [0, 0.1) is 0 Å². The van der Waals surface area contributed by atoms with E-state index in [0.717, 1.165) is 0 Å². The van der Waals surface area contributed by atoms with Crippen molar-refractivity contribution < 1.29 is 0 Å². The molecule has 2 aromatic heterocycles. The van der Waals surface area contributed by atoms with Gasteiger partial charge in [-0.1, -0.05) is 0 Å². The van der Waals surface area contributed by atoms with Crippen LogP contribution in [0.2, 0.25) is 0 Å². The molecule has 2 heterocycles. The predicted molar refractivity (Wildman–Crippen MR) is 63.5 cm³/mol. The first-order valence-corrected chi connectivity index (χ1v) is 5.17. The molecule has 0 amide bonds. The lowest BCUT2D eigenvalue weighted by molar-refractivity contribution is 0.855. The molecule has 1 N–H and O–H groups in total. The summed E-state index contributed by atoms with van der Waals surface area (Å²) < 4.78 is 1.51. The summed E-state index contributed by atoms with van der Waals surface area (Å²) in [5.41, 5.74) is 1.79. The molecule has 0 aromatic carbocycles. The molecule has 2 rings (SSSR count). The Kier molecular flexibility index (Phi) is 2.60. The fraction of sp³-hybridized carbons (Fsp3) is 0.364. The van der Waals surface area contributed by atoms with Gasteiger partial charge in [-0.15, -0.1) is 0 Å². The minimum Gasteiger partial charge on any atom is -0.378 e. The van der Waals surface area contributed by atoms with Crippen molar-refractivity contribution in [1.29, 1.82) is 0 Å². The number of fused-ring (bicyclic) bond motifs is 1. The Morgan fingerprint density at radius 1 is 1.31 bits per heavy atom. The molecule has 0 fully saturated rings. The monoisotopic (exact) mass is 218 g/mol. The molecule has 0 unspecified atom stereocenters. The Hall–Kier alpha value is -1.91. The van der Waals surface area contributed by atoms with E-state index in [1.165, 1.54) is 4.57 Å². The summed E-state index contributed by atoms with van der Waals surface area (Å²) in [7, 11) is 1.70. The van der Waals surface area contributed by atoms with E-state index in [2.05, 4.69) is 15.3 Å². The van der Waals surface area contributed by atoms with E-state index in [1.54, 1.807) is 25.5 Å². The van der Waals surface area contributed by atoms with Crippen molar-refractivity contribution in [3.8, 4) is 0 Å². The molecular weight excluding hydrogens is 204 g/mol. The second kappa shape index (κ2) is 3.92. The van der Waals surface area contributed by atoms with Crippen molar-refractivity contribution in [1.82, 2.24) is 14.5 Å². The van der Waals surface area contributed by atoms with E-state index in [1.807, 2.05) is 13.8 Å². The van der Waals surface area contributed by atoms with Crippen molar-refractivity contribution in [2.45, 2.75) is 19.9 Å². The minimum absolute atomic E-state index is 0.0818. The van der Waals surface area contributed by atoms with Crippen molar-refractivity contribution in [3.63, 3.8) is 0 Å². The summed E-state index contributed by atoms with van der Waals surface area (Å²) >= 11 is 0. The van der Waals surface area contributed by atoms with Crippen LogP contribution in [0.1, 0.15) is 13.8 Å². The van der Waals surface area contributed by atoms with Crippen LogP contribution in [0.15, 0.2) is 23.3 Å². The Morgan fingerprint density at radius 3 is 2.69 bits per heavy atom. The van der Waals surface area contributed by atoms with Gasteiger partial charge in [0, 0.05) is 25.5 Å². The zero-order valence-electron chi connectivity index (χ0n) is 9.56. The Morgan fingerprint density at radius 2 is 2.00 bits per heavy atom. The third-order valence-electron chi connectivity index (χ3n) is 2.28. The highest BCUT2D eigenvalue weighted by molar-refractivity contribution is 5.74. The van der Waals surface area contributed by atoms with E-state index in [-0.39, 0.29) is 11.6 Å². The van der Waals surface area contributed by atoms with Gasteiger partial charge in [0.25, 0.3) is 5.56 Å². The van der Waals surface area contributed by atoms with Crippen molar-refractivity contribution >= 4 is 16.9 Å². The standard InChI is InChI=1S/C11H14N4O/c1-7(2)14-9-6-8-10(13-5-4-12-8)15(3)11(9)16/h4-7,14H,1-3H3. The molecule has 16 heavy (non-hydrogen) atoms. The number of nitrogens with one attached hydrogen (secondary N) is 1. The molecule has 0 atom stereocenters. The van der Waals surface area contributed by atoms with Crippen LogP contribution in [-0.2, 0) is 7.05 Å². The molecule has 0 spiro atoms. The first-order valence-electron chi connectivity index (χ1n) is 5.17. The third kappa shape index (κ3) is 1.76. The molecule has 84 valence electrons. The van der Waals surface area contributed by atoms with Crippen LogP contribution >= 0.6 is 0 Å². The number of hydrogen-bond acceptors (Lipinski definition) is 4. The van der Waals surface area contributed by atoms with Gasteiger partial charge in [-0.25, -0.2) is 4.98 Å². The number of rotatable bonds is 2. The van der Waals surface area contributed by atoms with Gasteiger partial charge < -0.3 is 5.32 Å². The largest absolute Gasteiger partial charge is 0.378 e. The van der Waals surface area contributed by atoms with Gasteiger partial charge in [-0.2, -0.15) is 0 Å². The molecule has 5 nitrogen and oxygen atoms in total. The van der Waals surface area contributed by atoms with Gasteiger partial charge in [-0.05, 0) is 19.9 Å². The van der Waals surface area contributed by atoms with E-state index in [0.29, 0.717) is 16.9 Å². The second-order valence-electron chi connectivity index (χ2n) is 3.99. The van der Waals surface area contributed by atoms with E-state index in [9.17, 15) is 4.79 Å². The van der Waals surface area contributed by atoms with Crippen LogP contribution < -0.4 is 10.9 Å². The van der Waals surface area contributed by atoms with Crippen molar-refractivity contribution in [2.75, 3.05) is 5.32 Å². The van der Waals surface area contributed by atoms with Gasteiger partial charge in [0.15, 0.2) is 5.65 Å². The van der Waals surface area contributed by atoms with Gasteiger partial charge in [0.1, 0.15) is 11.2 Å². The average molecular weight is 218 g/mol. The van der Waals surface area contributed by atoms with E-state index in [4.69, 9.17) is 0 Å². The van der Waals surface area contributed by atoms with Gasteiger partial charge in [0.2, 0.25) is 0 Å². The summed E-state index contributed by atoms with van der Waals surface area (Å²) in [6, 6.07) is 1.95. The number of hydrogen-bond donors (Lipinski definition) is 1. The van der Waals surface area contributed by atoms with Crippen molar-refractivity contribution in [3.05, 3.63) is 28.8 Å². The van der Waals surface area contributed by atoms with Crippen molar-refractivity contribution in [2.24, 2.45) is 7.05 Å². The van der Waals surface area contributed by atoms with Crippen LogP contribution in [0.3, 0.4) is 0 Å². The first-order chi connectivity index (χ1) is 7.59. The maximum Gasteiger partial charge on any atom is 0.275 e. The first kappa shape index (κ1) is 10.6. The molecule has 0 bridgehead atoms. The smallest absolute Gasteiger partial charge is 0.275 e. The highest BCUT2D eigenvalue weighted by Gasteiger charge is 2.08. The molecule has 5 heteroatoms. The Balaban J connectivity index is 2.69. The third-order valence-corrected chi connectivity index (χ3v) is 2.28. The molecule has 0 aliphatic carbocycles. The molecule has 0 saturated heterocycles.